The van der Waals surface area contributed by atoms with Crippen LogP contribution in [0.4, 0.5) is 5.69 Å². The molecule has 1 aliphatic rings. The predicted octanol–water partition coefficient (Wildman–Crippen LogP) is 2.76. The van der Waals surface area contributed by atoms with E-state index in [0.29, 0.717) is 23.4 Å². The van der Waals surface area contributed by atoms with Gasteiger partial charge in [-0.2, -0.15) is 0 Å². The van der Waals surface area contributed by atoms with Gasteiger partial charge in [-0.05, 0) is 51.4 Å². The van der Waals surface area contributed by atoms with Gasteiger partial charge in [-0.15, -0.1) is 12.4 Å². The molecule has 1 aliphatic heterocycles. The predicted molar refractivity (Wildman–Crippen MR) is 95.1 cm³/mol. The van der Waals surface area contributed by atoms with E-state index in [1.54, 1.807) is 18.2 Å². The normalized spacial score (nSPS) is 16.4. The molecule has 1 aromatic carbocycles. The smallest absolute Gasteiger partial charge is 0.337 e. The van der Waals surface area contributed by atoms with Crippen molar-refractivity contribution in [2.75, 3.05) is 19.0 Å². The average Bonchev–Trinajstić information content (AvgIpc) is 3.00. The number of hydrogen-bond donors (Lipinski definition) is 2. The topological polar surface area (TPSA) is 76.7 Å². The van der Waals surface area contributed by atoms with E-state index in [1.807, 2.05) is 13.8 Å². The third-order valence-corrected chi connectivity index (χ3v) is 3.63. The number of carbonyl (C=O) groups excluding carboxylic acids is 2. The summed E-state index contributed by atoms with van der Waals surface area (Å²) >= 11 is 0. The standard InChI is InChI=1S/C17H24N2O4.ClH/c1-11(2)23-15-7-6-12(17(21)22-3)9-14(15)19-16(20)10-13-5-4-8-18-13;/h6-7,9,11,13,18H,4-5,8,10H2,1-3H3,(H,19,20);1H. The summed E-state index contributed by atoms with van der Waals surface area (Å²) in [5, 5.41) is 6.14. The maximum atomic E-state index is 12.2. The van der Waals surface area contributed by atoms with Crippen molar-refractivity contribution in [2.45, 2.75) is 45.3 Å². The minimum absolute atomic E-state index is 0. The molecule has 1 atom stereocenters. The van der Waals surface area contributed by atoms with Gasteiger partial charge < -0.3 is 20.1 Å². The molecule has 6 nitrogen and oxygen atoms in total. The van der Waals surface area contributed by atoms with Crippen molar-refractivity contribution in [2.24, 2.45) is 0 Å². The molecule has 2 rings (SSSR count). The number of amides is 1. The highest BCUT2D eigenvalue weighted by Crippen LogP contribution is 2.27. The van der Waals surface area contributed by atoms with Crippen molar-refractivity contribution in [1.82, 2.24) is 5.32 Å². The van der Waals surface area contributed by atoms with Crippen LogP contribution >= 0.6 is 12.4 Å². The molecule has 0 aliphatic carbocycles. The van der Waals surface area contributed by atoms with Gasteiger partial charge in [0.2, 0.25) is 5.91 Å². The van der Waals surface area contributed by atoms with Gasteiger partial charge in [-0.1, -0.05) is 0 Å². The van der Waals surface area contributed by atoms with Gasteiger partial charge in [0, 0.05) is 12.5 Å². The maximum absolute atomic E-state index is 12.2. The molecule has 0 radical (unpaired) electrons. The minimum atomic E-state index is -0.450. The number of anilines is 1. The van der Waals surface area contributed by atoms with Crippen molar-refractivity contribution >= 4 is 30.0 Å². The first-order valence-electron chi connectivity index (χ1n) is 7.92. The number of carbonyl (C=O) groups is 2. The van der Waals surface area contributed by atoms with Crippen LogP contribution < -0.4 is 15.4 Å². The zero-order valence-corrected chi connectivity index (χ0v) is 15.1. The first-order chi connectivity index (χ1) is 11.0. The molecule has 0 aromatic heterocycles. The zero-order valence-electron chi connectivity index (χ0n) is 14.3. The van der Waals surface area contributed by atoms with Gasteiger partial charge in [-0.25, -0.2) is 4.79 Å². The van der Waals surface area contributed by atoms with Gasteiger partial charge in [-0.3, -0.25) is 4.79 Å². The highest BCUT2D eigenvalue weighted by molar-refractivity contribution is 5.96. The molecule has 1 unspecified atom stereocenters. The lowest BCUT2D eigenvalue weighted by Crippen LogP contribution is -2.27. The largest absolute Gasteiger partial charge is 0.489 e. The van der Waals surface area contributed by atoms with Crippen LogP contribution in [-0.4, -0.2) is 37.7 Å². The quantitative estimate of drug-likeness (QED) is 0.766. The molecule has 1 fully saturated rings. The Bertz CT molecular complexity index is 572. The molecule has 2 N–H and O–H groups in total. The summed E-state index contributed by atoms with van der Waals surface area (Å²) in [6.45, 7) is 4.77. The van der Waals surface area contributed by atoms with Crippen LogP contribution in [0.3, 0.4) is 0 Å². The number of nitrogens with one attached hydrogen (secondary N) is 2. The lowest BCUT2D eigenvalue weighted by atomic mass is 10.1. The SMILES string of the molecule is COC(=O)c1ccc(OC(C)C)c(NC(=O)CC2CCCN2)c1.Cl. The van der Waals surface area contributed by atoms with Crippen LogP contribution in [0.15, 0.2) is 18.2 Å². The van der Waals surface area contributed by atoms with Crippen LogP contribution in [0, 0.1) is 0 Å². The van der Waals surface area contributed by atoms with Gasteiger partial charge in [0.05, 0.1) is 24.5 Å². The highest BCUT2D eigenvalue weighted by atomic mass is 35.5. The summed E-state index contributed by atoms with van der Waals surface area (Å²) in [5.74, 6) is -0.00513. The number of ether oxygens (including phenoxy) is 2. The molecule has 0 saturated carbocycles. The summed E-state index contributed by atoms with van der Waals surface area (Å²) in [4.78, 5) is 23.9. The fourth-order valence-electron chi connectivity index (χ4n) is 2.59. The van der Waals surface area contributed by atoms with E-state index >= 15 is 0 Å². The molecular formula is C17H25ClN2O4. The zero-order chi connectivity index (χ0) is 16.8. The fraction of sp³-hybridized carbons (Fsp3) is 0.529. The molecule has 0 spiro atoms. The lowest BCUT2D eigenvalue weighted by Gasteiger charge is -2.17. The molecule has 0 bridgehead atoms. The van der Waals surface area contributed by atoms with E-state index < -0.39 is 5.97 Å². The van der Waals surface area contributed by atoms with E-state index in [-0.39, 0.29) is 30.5 Å². The van der Waals surface area contributed by atoms with Crippen molar-refractivity contribution < 1.29 is 19.1 Å². The Kier molecular flexibility index (Phi) is 8.01. The van der Waals surface area contributed by atoms with E-state index in [2.05, 4.69) is 10.6 Å². The molecular weight excluding hydrogens is 332 g/mol. The van der Waals surface area contributed by atoms with Crippen molar-refractivity contribution in [3.8, 4) is 5.75 Å². The average molecular weight is 357 g/mol. The summed E-state index contributed by atoms with van der Waals surface area (Å²) in [7, 11) is 1.32. The summed E-state index contributed by atoms with van der Waals surface area (Å²) in [5.41, 5.74) is 0.863. The van der Waals surface area contributed by atoms with E-state index in [9.17, 15) is 9.59 Å². The summed E-state index contributed by atoms with van der Waals surface area (Å²) in [6, 6.07) is 5.10. The first-order valence-corrected chi connectivity index (χ1v) is 7.92. The monoisotopic (exact) mass is 356 g/mol. The van der Waals surface area contributed by atoms with Crippen LogP contribution in [0.25, 0.3) is 0 Å². The lowest BCUT2D eigenvalue weighted by molar-refractivity contribution is -0.116. The third-order valence-electron chi connectivity index (χ3n) is 3.63. The van der Waals surface area contributed by atoms with Crippen LogP contribution in [0.2, 0.25) is 0 Å². The third kappa shape index (κ3) is 5.69. The molecule has 1 heterocycles. The van der Waals surface area contributed by atoms with Crippen molar-refractivity contribution in [3.05, 3.63) is 23.8 Å². The number of halogens is 1. The maximum Gasteiger partial charge on any atom is 0.337 e. The van der Waals surface area contributed by atoms with Crippen LogP contribution in [-0.2, 0) is 9.53 Å². The Morgan fingerprint density at radius 2 is 2.12 bits per heavy atom. The number of benzene rings is 1. The number of hydrogen-bond acceptors (Lipinski definition) is 5. The molecule has 7 heteroatoms. The Morgan fingerprint density at radius 1 is 1.38 bits per heavy atom. The van der Waals surface area contributed by atoms with Gasteiger partial charge in [0.25, 0.3) is 0 Å². The molecule has 1 amide bonds. The van der Waals surface area contributed by atoms with Gasteiger partial charge in [0.15, 0.2) is 0 Å². The fourth-order valence-corrected chi connectivity index (χ4v) is 2.59. The van der Waals surface area contributed by atoms with Crippen LogP contribution in [0.5, 0.6) is 5.75 Å². The highest BCUT2D eigenvalue weighted by Gasteiger charge is 2.19. The number of methoxy groups -OCH3 is 1. The van der Waals surface area contributed by atoms with Crippen molar-refractivity contribution in [1.29, 1.82) is 0 Å². The Balaban J connectivity index is 0.00000288. The van der Waals surface area contributed by atoms with Gasteiger partial charge in [0.1, 0.15) is 5.75 Å². The second-order valence-corrected chi connectivity index (χ2v) is 5.91. The Labute approximate surface area is 148 Å². The minimum Gasteiger partial charge on any atom is -0.489 e. The second kappa shape index (κ2) is 9.49. The van der Waals surface area contributed by atoms with Gasteiger partial charge >= 0.3 is 5.97 Å². The molecule has 24 heavy (non-hydrogen) atoms. The van der Waals surface area contributed by atoms with Crippen molar-refractivity contribution in [3.63, 3.8) is 0 Å². The first kappa shape index (κ1) is 20.3. The Morgan fingerprint density at radius 3 is 2.71 bits per heavy atom. The Hall–Kier alpha value is -1.79. The summed E-state index contributed by atoms with van der Waals surface area (Å²) in [6.07, 6.45) is 2.47. The molecule has 1 saturated heterocycles. The molecule has 1 aromatic rings. The second-order valence-electron chi connectivity index (χ2n) is 5.91. The number of rotatable bonds is 6. The van der Waals surface area contributed by atoms with E-state index in [1.165, 1.54) is 7.11 Å². The molecule has 134 valence electrons. The number of esters is 1. The van der Waals surface area contributed by atoms with E-state index in [0.717, 1.165) is 19.4 Å². The van der Waals surface area contributed by atoms with Crippen LogP contribution in [0.1, 0.15) is 43.5 Å². The summed E-state index contributed by atoms with van der Waals surface area (Å²) < 4.78 is 10.4. The van der Waals surface area contributed by atoms with E-state index in [4.69, 9.17) is 9.47 Å².